The van der Waals surface area contributed by atoms with Gasteiger partial charge in [-0.3, -0.25) is 19.3 Å². The zero-order chi connectivity index (χ0) is 16.4. The van der Waals surface area contributed by atoms with Crippen LogP contribution < -0.4 is 5.32 Å². The molecule has 2 bridgehead atoms. The lowest BCUT2D eigenvalue weighted by atomic mass is 9.85. The number of carbonyl (C=O) groups excluding carboxylic acids is 3. The predicted molar refractivity (Wildman–Crippen MR) is 89.7 cm³/mol. The topological polar surface area (TPSA) is 66.5 Å². The molecule has 2 fully saturated rings. The van der Waals surface area contributed by atoms with Crippen molar-refractivity contribution in [1.29, 1.82) is 0 Å². The summed E-state index contributed by atoms with van der Waals surface area (Å²) < 4.78 is 0. The van der Waals surface area contributed by atoms with Gasteiger partial charge in [0.2, 0.25) is 17.7 Å². The molecule has 4 atom stereocenters. The molecule has 126 valence electrons. The van der Waals surface area contributed by atoms with E-state index in [-0.39, 0.29) is 41.4 Å². The summed E-state index contributed by atoms with van der Waals surface area (Å²) in [5.74, 6) is 2.20. The van der Waals surface area contributed by atoms with Gasteiger partial charge >= 0.3 is 0 Å². The number of carbonyl (C=O) groups is 3. The summed E-state index contributed by atoms with van der Waals surface area (Å²) >= 11 is 1.79. The highest BCUT2D eigenvalue weighted by atomic mass is 32.2. The van der Waals surface area contributed by atoms with E-state index in [0.717, 1.165) is 17.9 Å². The largest absolute Gasteiger partial charge is 0.355 e. The van der Waals surface area contributed by atoms with Crippen LogP contribution in [0.25, 0.3) is 0 Å². The van der Waals surface area contributed by atoms with Gasteiger partial charge in [-0.25, -0.2) is 0 Å². The molecule has 0 aromatic heterocycles. The van der Waals surface area contributed by atoms with Crippen LogP contribution in [0.1, 0.15) is 26.2 Å². The van der Waals surface area contributed by atoms with Gasteiger partial charge in [0.15, 0.2) is 0 Å². The van der Waals surface area contributed by atoms with E-state index in [1.165, 1.54) is 4.90 Å². The lowest BCUT2D eigenvalue weighted by Gasteiger charge is -2.16. The van der Waals surface area contributed by atoms with Crippen LogP contribution in [0.3, 0.4) is 0 Å². The summed E-state index contributed by atoms with van der Waals surface area (Å²) in [7, 11) is 0. The second kappa shape index (κ2) is 7.07. The number of hydrogen-bond acceptors (Lipinski definition) is 4. The Balaban J connectivity index is 1.42. The Labute approximate surface area is 141 Å². The number of hydrogen-bond donors (Lipinski definition) is 1. The van der Waals surface area contributed by atoms with Gasteiger partial charge in [0.05, 0.1) is 11.8 Å². The summed E-state index contributed by atoms with van der Waals surface area (Å²) in [6, 6.07) is 0. The first-order chi connectivity index (χ1) is 11.1. The van der Waals surface area contributed by atoms with Gasteiger partial charge in [-0.1, -0.05) is 19.1 Å². The van der Waals surface area contributed by atoms with Crippen molar-refractivity contribution < 1.29 is 14.4 Å². The van der Waals surface area contributed by atoms with Gasteiger partial charge in [-0.05, 0) is 30.4 Å². The highest BCUT2D eigenvalue weighted by Crippen LogP contribution is 2.52. The van der Waals surface area contributed by atoms with Crippen molar-refractivity contribution in [2.75, 3.05) is 24.6 Å². The average molecular weight is 336 g/mol. The van der Waals surface area contributed by atoms with E-state index >= 15 is 0 Å². The molecule has 3 rings (SSSR count). The van der Waals surface area contributed by atoms with E-state index in [1.807, 2.05) is 0 Å². The third-order valence-electron chi connectivity index (χ3n) is 5.12. The number of thioether (sulfide) groups is 1. The molecule has 3 aliphatic rings. The van der Waals surface area contributed by atoms with Gasteiger partial charge in [-0.15, -0.1) is 0 Å². The van der Waals surface area contributed by atoms with Crippen molar-refractivity contribution in [3.05, 3.63) is 12.2 Å². The minimum absolute atomic E-state index is 0.00253. The zero-order valence-electron chi connectivity index (χ0n) is 13.5. The van der Waals surface area contributed by atoms with Crippen LogP contribution in [-0.4, -0.2) is 47.2 Å². The van der Waals surface area contributed by atoms with Crippen molar-refractivity contribution in [2.24, 2.45) is 23.7 Å². The van der Waals surface area contributed by atoms with E-state index in [1.54, 1.807) is 11.8 Å². The van der Waals surface area contributed by atoms with Crippen LogP contribution in [-0.2, 0) is 14.4 Å². The minimum atomic E-state index is -0.127. The second-order valence-electron chi connectivity index (χ2n) is 6.48. The first-order valence-corrected chi connectivity index (χ1v) is 9.67. The Bertz CT molecular complexity index is 504. The molecule has 5 nitrogen and oxygen atoms in total. The monoisotopic (exact) mass is 336 g/mol. The fourth-order valence-electron chi connectivity index (χ4n) is 4.08. The molecule has 3 amide bonds. The average Bonchev–Trinajstić information content (AvgIpc) is 3.21. The smallest absolute Gasteiger partial charge is 0.233 e. The Morgan fingerprint density at radius 2 is 1.91 bits per heavy atom. The number of allylic oxidation sites excluding steroid dienone is 2. The number of nitrogens with one attached hydrogen (secondary N) is 1. The Morgan fingerprint density at radius 1 is 1.26 bits per heavy atom. The number of fused-ring (bicyclic) bond motifs is 5. The quantitative estimate of drug-likeness (QED) is 0.414. The molecular formula is C17H24N2O3S. The van der Waals surface area contributed by atoms with Crippen LogP contribution in [0.4, 0.5) is 0 Å². The summed E-state index contributed by atoms with van der Waals surface area (Å²) in [5, 5.41) is 2.87. The predicted octanol–water partition coefficient (Wildman–Crippen LogP) is 1.44. The standard InChI is InChI=1S/C17H24N2O3S/c1-2-23-9-7-18-13(20)4-3-8-19-16(21)14-11-5-6-12(10-11)15(14)17(19)22/h5-6,11-12,14-15H,2-4,7-10H2,1H3,(H,18,20)/t11?,12?,14-,15+. The Kier molecular flexibility index (Phi) is 5.09. The van der Waals surface area contributed by atoms with Crippen LogP contribution in [0.5, 0.6) is 0 Å². The molecule has 1 N–H and O–H groups in total. The highest BCUT2D eigenvalue weighted by Gasteiger charge is 2.58. The van der Waals surface area contributed by atoms with Crippen molar-refractivity contribution in [3.63, 3.8) is 0 Å². The molecule has 1 aliphatic heterocycles. The minimum Gasteiger partial charge on any atom is -0.355 e. The molecule has 0 spiro atoms. The van der Waals surface area contributed by atoms with Crippen molar-refractivity contribution in [3.8, 4) is 0 Å². The number of likely N-dealkylation sites (tertiary alicyclic amines) is 1. The maximum atomic E-state index is 12.5. The van der Waals surface area contributed by atoms with Crippen molar-refractivity contribution in [1.82, 2.24) is 10.2 Å². The van der Waals surface area contributed by atoms with Gasteiger partial charge in [0, 0.05) is 25.3 Å². The molecule has 1 saturated heterocycles. The fourth-order valence-corrected chi connectivity index (χ4v) is 4.61. The fraction of sp³-hybridized carbons (Fsp3) is 0.706. The van der Waals surface area contributed by atoms with Crippen molar-refractivity contribution >= 4 is 29.5 Å². The number of nitrogens with zero attached hydrogens (tertiary/aromatic N) is 1. The first kappa shape index (κ1) is 16.6. The molecule has 1 saturated carbocycles. The van der Waals surface area contributed by atoms with Crippen molar-refractivity contribution in [2.45, 2.75) is 26.2 Å². The zero-order valence-corrected chi connectivity index (χ0v) is 14.3. The first-order valence-electron chi connectivity index (χ1n) is 8.51. The molecular weight excluding hydrogens is 312 g/mol. The molecule has 0 radical (unpaired) electrons. The van der Waals surface area contributed by atoms with Gasteiger partial charge in [-0.2, -0.15) is 11.8 Å². The third kappa shape index (κ3) is 3.18. The number of rotatable bonds is 8. The number of amides is 3. The lowest BCUT2D eigenvalue weighted by Crippen LogP contribution is -2.34. The number of imide groups is 1. The Morgan fingerprint density at radius 3 is 2.52 bits per heavy atom. The van der Waals surface area contributed by atoms with Crippen LogP contribution in [0.15, 0.2) is 12.2 Å². The summed E-state index contributed by atoms with van der Waals surface area (Å²) in [6.45, 7) is 3.15. The maximum absolute atomic E-state index is 12.5. The van der Waals surface area contributed by atoms with Crippen LogP contribution in [0, 0.1) is 23.7 Å². The van der Waals surface area contributed by atoms with E-state index in [4.69, 9.17) is 0 Å². The van der Waals surface area contributed by atoms with E-state index < -0.39 is 0 Å². The normalized spacial score (nSPS) is 31.1. The summed E-state index contributed by atoms with van der Waals surface area (Å²) in [4.78, 5) is 38.1. The van der Waals surface area contributed by atoms with E-state index in [0.29, 0.717) is 25.9 Å². The Hall–Kier alpha value is -1.30. The van der Waals surface area contributed by atoms with Crippen LogP contribution in [0.2, 0.25) is 0 Å². The maximum Gasteiger partial charge on any atom is 0.233 e. The molecule has 6 heteroatoms. The molecule has 2 aliphatic carbocycles. The molecule has 1 heterocycles. The summed E-state index contributed by atoms with van der Waals surface area (Å²) in [5.41, 5.74) is 0. The molecule has 0 aromatic carbocycles. The second-order valence-corrected chi connectivity index (χ2v) is 7.87. The van der Waals surface area contributed by atoms with E-state index in [2.05, 4.69) is 24.4 Å². The van der Waals surface area contributed by atoms with E-state index in [9.17, 15) is 14.4 Å². The van der Waals surface area contributed by atoms with Crippen LogP contribution >= 0.6 is 11.8 Å². The summed E-state index contributed by atoms with van der Waals surface area (Å²) in [6.07, 6.45) is 6.07. The third-order valence-corrected chi connectivity index (χ3v) is 6.02. The highest BCUT2D eigenvalue weighted by molar-refractivity contribution is 7.99. The van der Waals surface area contributed by atoms with Gasteiger partial charge < -0.3 is 5.32 Å². The lowest BCUT2D eigenvalue weighted by molar-refractivity contribution is -0.141. The van der Waals surface area contributed by atoms with Gasteiger partial charge in [0.1, 0.15) is 0 Å². The molecule has 23 heavy (non-hydrogen) atoms. The SMILES string of the molecule is CCSCCNC(=O)CCCN1C(=O)[C@@H]2C3C=CC(C3)[C@@H]2C1=O. The van der Waals surface area contributed by atoms with Gasteiger partial charge in [0.25, 0.3) is 0 Å². The molecule has 2 unspecified atom stereocenters. The molecule has 0 aromatic rings.